The summed E-state index contributed by atoms with van der Waals surface area (Å²) in [6, 6.07) is 2.91. The van der Waals surface area contributed by atoms with Crippen molar-refractivity contribution >= 4 is 11.8 Å². The molecule has 3 heterocycles. The number of carbonyl (C=O) groups is 2. The number of pyridine rings is 1. The molecule has 32 heavy (non-hydrogen) atoms. The Bertz CT molecular complexity index is 1180. The van der Waals surface area contributed by atoms with E-state index in [0.29, 0.717) is 6.07 Å². The second kappa shape index (κ2) is 7.61. The third-order valence-electron chi connectivity index (χ3n) is 6.29. The molecule has 2 aliphatic rings. The summed E-state index contributed by atoms with van der Waals surface area (Å²) in [6.07, 6.45) is 2.72. The van der Waals surface area contributed by atoms with Gasteiger partial charge in [0, 0.05) is 36.0 Å². The van der Waals surface area contributed by atoms with Crippen molar-refractivity contribution in [3.63, 3.8) is 0 Å². The number of rotatable bonds is 3. The number of fused-ring (bicyclic) bond motifs is 4. The number of carbonyl (C=O) groups excluding carboxylic acids is 2. The molecule has 170 valence electrons. The van der Waals surface area contributed by atoms with E-state index >= 15 is 0 Å². The van der Waals surface area contributed by atoms with Gasteiger partial charge >= 0.3 is 0 Å². The van der Waals surface area contributed by atoms with Gasteiger partial charge in [-0.05, 0) is 39.7 Å². The minimum absolute atomic E-state index is 0.0303. The average molecular weight is 446 g/mol. The lowest BCUT2D eigenvalue weighted by Gasteiger charge is -2.45. The largest absolute Gasteiger partial charge is 0.502 e. The van der Waals surface area contributed by atoms with Gasteiger partial charge in [0.05, 0.1) is 0 Å². The molecule has 1 aromatic heterocycles. The van der Waals surface area contributed by atoms with E-state index in [1.165, 1.54) is 16.9 Å². The summed E-state index contributed by atoms with van der Waals surface area (Å²) in [4.78, 5) is 40.2. The van der Waals surface area contributed by atoms with Crippen LogP contribution in [0.1, 0.15) is 60.0 Å². The van der Waals surface area contributed by atoms with Crippen molar-refractivity contribution in [1.29, 1.82) is 0 Å². The first-order valence-electron chi connectivity index (χ1n) is 10.3. The van der Waals surface area contributed by atoms with Crippen molar-refractivity contribution in [2.45, 2.75) is 51.7 Å². The molecule has 0 spiro atoms. The monoisotopic (exact) mass is 446 g/mol. The van der Waals surface area contributed by atoms with Crippen LogP contribution in [-0.4, -0.2) is 44.7 Å². The number of amides is 2. The fourth-order valence-corrected chi connectivity index (χ4v) is 4.16. The summed E-state index contributed by atoms with van der Waals surface area (Å²) in [7, 11) is 0. The second-order valence-electron chi connectivity index (χ2n) is 8.85. The van der Waals surface area contributed by atoms with Crippen LogP contribution >= 0.6 is 0 Å². The molecule has 2 N–H and O–H groups in total. The summed E-state index contributed by atoms with van der Waals surface area (Å²) in [5.74, 6) is -3.72. The number of nitrogens with zero attached hydrogens (tertiary/aromatic N) is 3. The number of benzene rings is 1. The Morgan fingerprint density at radius 1 is 1.28 bits per heavy atom. The van der Waals surface area contributed by atoms with Crippen molar-refractivity contribution in [1.82, 2.24) is 14.9 Å². The Kier molecular flexibility index (Phi) is 5.18. The summed E-state index contributed by atoms with van der Waals surface area (Å²) in [5.41, 5.74) is -2.00. The maximum atomic E-state index is 13.9. The van der Waals surface area contributed by atoms with Gasteiger partial charge in [-0.15, -0.1) is 0 Å². The molecule has 1 saturated heterocycles. The van der Waals surface area contributed by atoms with E-state index in [9.17, 15) is 28.3 Å². The van der Waals surface area contributed by atoms with E-state index < -0.39 is 40.2 Å². The Labute approximate surface area is 183 Å². The van der Waals surface area contributed by atoms with Gasteiger partial charge in [0.1, 0.15) is 23.9 Å². The molecule has 2 amide bonds. The van der Waals surface area contributed by atoms with Gasteiger partial charge in [0.15, 0.2) is 11.4 Å². The molecular formula is C22H24F2N4O4. The molecule has 0 radical (unpaired) electrons. The van der Waals surface area contributed by atoms with Crippen molar-refractivity contribution in [2.24, 2.45) is 0 Å². The van der Waals surface area contributed by atoms with Crippen LogP contribution in [0.5, 0.6) is 5.75 Å². The molecule has 0 saturated carbocycles. The Morgan fingerprint density at radius 2 is 2.00 bits per heavy atom. The summed E-state index contributed by atoms with van der Waals surface area (Å²) in [5, 5.41) is 14.9. The molecule has 2 aliphatic heterocycles. The van der Waals surface area contributed by atoms with Crippen LogP contribution in [0.25, 0.3) is 0 Å². The lowest BCUT2D eigenvalue weighted by molar-refractivity contribution is 0.0478. The summed E-state index contributed by atoms with van der Waals surface area (Å²) >= 11 is 0. The van der Waals surface area contributed by atoms with Gasteiger partial charge in [-0.25, -0.2) is 8.78 Å². The van der Waals surface area contributed by atoms with Crippen LogP contribution in [0.2, 0.25) is 0 Å². The van der Waals surface area contributed by atoms with Crippen LogP contribution in [0.4, 0.5) is 8.78 Å². The van der Waals surface area contributed by atoms with Crippen molar-refractivity contribution in [3.8, 4) is 5.75 Å². The highest BCUT2D eigenvalue weighted by Gasteiger charge is 2.44. The molecule has 1 atom stereocenters. The fourth-order valence-electron chi connectivity index (χ4n) is 4.16. The first kappa shape index (κ1) is 21.8. The van der Waals surface area contributed by atoms with E-state index in [4.69, 9.17) is 0 Å². The topological polar surface area (TPSA) is 94.9 Å². The van der Waals surface area contributed by atoms with Gasteiger partial charge in [0.25, 0.3) is 11.8 Å². The predicted octanol–water partition coefficient (Wildman–Crippen LogP) is 2.07. The van der Waals surface area contributed by atoms with Gasteiger partial charge in [-0.2, -0.15) is 0 Å². The van der Waals surface area contributed by atoms with Crippen LogP contribution in [0, 0.1) is 11.6 Å². The standard InChI is InChI=1S/C22H24F2N4O4/c1-12-6-7-22(2,3)26-11-28(12)27-10-15(18(29)19(30)17(27)21(26)32)20(31)25-9-13-4-5-14(23)8-16(13)24/h4-5,8,10,12,30H,6-7,9,11H2,1-3H3,(H,25,31). The molecule has 8 nitrogen and oxygen atoms in total. The summed E-state index contributed by atoms with van der Waals surface area (Å²) < 4.78 is 28.3. The fraction of sp³-hybridized carbons (Fsp3) is 0.409. The maximum Gasteiger partial charge on any atom is 0.278 e. The smallest absolute Gasteiger partial charge is 0.278 e. The third-order valence-corrected chi connectivity index (χ3v) is 6.29. The summed E-state index contributed by atoms with van der Waals surface area (Å²) in [6.45, 7) is 5.79. The van der Waals surface area contributed by atoms with Crippen LogP contribution in [0.15, 0.2) is 29.2 Å². The van der Waals surface area contributed by atoms with Gasteiger partial charge in [-0.3, -0.25) is 24.1 Å². The number of halogens is 2. The molecule has 1 fully saturated rings. The number of aromatic nitrogens is 1. The van der Waals surface area contributed by atoms with E-state index in [1.807, 2.05) is 25.8 Å². The predicted molar refractivity (Wildman–Crippen MR) is 112 cm³/mol. The number of hydrogen-bond acceptors (Lipinski definition) is 5. The van der Waals surface area contributed by atoms with Gasteiger partial charge in [0.2, 0.25) is 5.43 Å². The van der Waals surface area contributed by atoms with E-state index in [2.05, 4.69) is 5.32 Å². The zero-order valence-corrected chi connectivity index (χ0v) is 18.0. The normalized spacial score (nSPS) is 19.4. The van der Waals surface area contributed by atoms with E-state index in [1.54, 1.807) is 4.90 Å². The van der Waals surface area contributed by atoms with E-state index in [-0.39, 0.29) is 36.1 Å². The Hall–Kier alpha value is -3.43. The highest BCUT2D eigenvalue weighted by atomic mass is 19.1. The minimum Gasteiger partial charge on any atom is -0.502 e. The molecule has 2 bridgehead atoms. The first-order valence-corrected chi connectivity index (χ1v) is 10.3. The second-order valence-corrected chi connectivity index (χ2v) is 8.85. The first-order chi connectivity index (χ1) is 15.0. The quantitative estimate of drug-likeness (QED) is 0.753. The Balaban J connectivity index is 1.71. The van der Waals surface area contributed by atoms with Crippen molar-refractivity contribution in [3.05, 3.63) is 63.1 Å². The molecule has 10 heteroatoms. The third kappa shape index (κ3) is 3.49. The van der Waals surface area contributed by atoms with Crippen LogP contribution in [0.3, 0.4) is 0 Å². The molecule has 0 aliphatic carbocycles. The molecule has 2 aromatic rings. The minimum atomic E-state index is -0.992. The number of nitrogens with one attached hydrogen (secondary N) is 1. The zero-order chi connectivity index (χ0) is 23.4. The molecule has 4 rings (SSSR count). The van der Waals surface area contributed by atoms with E-state index in [0.717, 1.165) is 18.9 Å². The lowest BCUT2D eigenvalue weighted by Crippen LogP contribution is -2.60. The van der Waals surface area contributed by atoms with Crippen LogP contribution < -0.4 is 15.8 Å². The van der Waals surface area contributed by atoms with Crippen molar-refractivity contribution in [2.75, 3.05) is 11.7 Å². The number of hydrogen-bond donors (Lipinski definition) is 2. The Morgan fingerprint density at radius 3 is 2.69 bits per heavy atom. The molecule has 1 aromatic carbocycles. The SMILES string of the molecule is CC1CCC(C)(C)N2CN1n1cc(C(=O)NCc3ccc(F)cc3F)c(=O)c(O)c1C2=O. The average Bonchev–Trinajstić information content (AvgIpc) is 2.83. The molecular weight excluding hydrogens is 422 g/mol. The maximum absolute atomic E-state index is 13.9. The highest BCUT2D eigenvalue weighted by Crippen LogP contribution is 2.33. The molecule has 1 unspecified atom stereocenters. The van der Waals surface area contributed by atoms with Gasteiger partial charge in [-0.1, -0.05) is 6.07 Å². The lowest BCUT2D eigenvalue weighted by atomic mass is 9.95. The van der Waals surface area contributed by atoms with Gasteiger partial charge < -0.3 is 15.3 Å². The van der Waals surface area contributed by atoms with Crippen molar-refractivity contribution < 1.29 is 23.5 Å². The highest BCUT2D eigenvalue weighted by molar-refractivity contribution is 5.99. The zero-order valence-electron chi connectivity index (χ0n) is 18.0. The number of aromatic hydroxyl groups is 1. The van der Waals surface area contributed by atoms with Crippen LogP contribution in [-0.2, 0) is 6.54 Å².